The van der Waals surface area contributed by atoms with Crippen LogP contribution in [-0.2, 0) is 11.2 Å². The van der Waals surface area contributed by atoms with E-state index in [9.17, 15) is 4.79 Å². The Bertz CT molecular complexity index is 777. The summed E-state index contributed by atoms with van der Waals surface area (Å²) in [6.07, 6.45) is 2.00. The zero-order valence-corrected chi connectivity index (χ0v) is 14.3. The van der Waals surface area contributed by atoms with E-state index in [0.717, 1.165) is 24.2 Å². The second-order valence-electron chi connectivity index (χ2n) is 6.68. The Morgan fingerprint density at radius 2 is 2.08 bits per heavy atom. The van der Waals surface area contributed by atoms with E-state index in [4.69, 9.17) is 4.74 Å². The summed E-state index contributed by atoms with van der Waals surface area (Å²) in [5, 5.41) is 3.26. The minimum Gasteiger partial charge on any atom is -0.497 e. The Morgan fingerprint density at radius 3 is 2.96 bits per heavy atom. The third-order valence-electron chi connectivity index (χ3n) is 5.22. The van der Waals surface area contributed by atoms with Crippen molar-refractivity contribution in [2.45, 2.75) is 24.9 Å². The van der Waals surface area contributed by atoms with Crippen LogP contribution < -0.4 is 20.9 Å². The maximum atomic E-state index is 12.9. The van der Waals surface area contributed by atoms with E-state index in [0.29, 0.717) is 6.54 Å². The Labute approximate surface area is 147 Å². The molecule has 130 valence electrons. The molecule has 1 aliphatic heterocycles. The molecule has 1 saturated heterocycles. The van der Waals surface area contributed by atoms with Gasteiger partial charge >= 0.3 is 0 Å². The first kappa shape index (κ1) is 16.1. The number of hydrazine groups is 1. The Morgan fingerprint density at radius 1 is 1.20 bits per heavy atom. The fourth-order valence-electron chi connectivity index (χ4n) is 3.88. The van der Waals surface area contributed by atoms with E-state index < -0.39 is 0 Å². The molecule has 1 aliphatic carbocycles. The zero-order valence-electron chi connectivity index (χ0n) is 14.3. The highest BCUT2D eigenvalue weighted by Crippen LogP contribution is 2.32. The number of rotatable bonds is 4. The molecule has 3 N–H and O–H groups in total. The van der Waals surface area contributed by atoms with Crippen molar-refractivity contribution in [1.82, 2.24) is 16.2 Å². The lowest BCUT2D eigenvalue weighted by Gasteiger charge is -2.22. The highest BCUT2D eigenvalue weighted by molar-refractivity contribution is 5.81. The molecule has 0 radical (unpaired) electrons. The van der Waals surface area contributed by atoms with Crippen LogP contribution in [0.4, 0.5) is 0 Å². The molecule has 3 unspecified atom stereocenters. The minimum absolute atomic E-state index is 0.0632. The monoisotopic (exact) mass is 337 g/mol. The van der Waals surface area contributed by atoms with Gasteiger partial charge < -0.3 is 10.1 Å². The van der Waals surface area contributed by atoms with Crippen molar-refractivity contribution in [2.24, 2.45) is 5.92 Å². The quantitative estimate of drug-likeness (QED) is 0.801. The van der Waals surface area contributed by atoms with E-state index in [2.05, 4.69) is 34.4 Å². The number of amides is 1. The van der Waals surface area contributed by atoms with E-state index in [1.54, 1.807) is 7.11 Å². The van der Waals surface area contributed by atoms with Gasteiger partial charge in [-0.2, -0.15) is 0 Å². The summed E-state index contributed by atoms with van der Waals surface area (Å²) in [4.78, 5) is 12.9. The first-order valence-electron chi connectivity index (χ1n) is 8.77. The number of aryl methyl sites for hydroxylation is 1. The molecule has 5 heteroatoms. The standard InChI is InChI=1S/C20H23N3O2/c1-25-15-7-4-6-14(11-15)19-17(12-21-23-19)20(24)22-18-10-9-13-5-2-3-8-16(13)18/h2-8,11,17-19,21,23H,9-10,12H2,1H3,(H,22,24). The Hall–Kier alpha value is -2.37. The number of hydrogen-bond acceptors (Lipinski definition) is 4. The van der Waals surface area contributed by atoms with Gasteiger partial charge in [-0.1, -0.05) is 36.4 Å². The van der Waals surface area contributed by atoms with Crippen LogP contribution in [0, 0.1) is 5.92 Å². The highest BCUT2D eigenvalue weighted by atomic mass is 16.5. The number of nitrogens with one attached hydrogen (secondary N) is 3. The fraction of sp³-hybridized carbons (Fsp3) is 0.350. The largest absolute Gasteiger partial charge is 0.497 e. The summed E-state index contributed by atoms with van der Waals surface area (Å²) in [6.45, 7) is 0.613. The van der Waals surface area contributed by atoms with Crippen molar-refractivity contribution in [1.29, 1.82) is 0 Å². The number of hydrogen-bond donors (Lipinski definition) is 3. The number of carbonyl (C=O) groups is 1. The smallest absolute Gasteiger partial charge is 0.226 e. The molecule has 2 aromatic rings. The molecule has 0 saturated carbocycles. The normalized spacial score (nSPS) is 24.8. The maximum Gasteiger partial charge on any atom is 0.226 e. The Balaban J connectivity index is 1.50. The summed E-state index contributed by atoms with van der Waals surface area (Å²) in [7, 11) is 1.65. The van der Waals surface area contributed by atoms with Crippen molar-refractivity contribution in [2.75, 3.05) is 13.7 Å². The van der Waals surface area contributed by atoms with Crippen LogP contribution >= 0.6 is 0 Å². The van der Waals surface area contributed by atoms with Crippen LogP contribution in [-0.4, -0.2) is 19.6 Å². The molecule has 0 aromatic heterocycles. The molecule has 2 aromatic carbocycles. The second-order valence-corrected chi connectivity index (χ2v) is 6.68. The molecule has 1 amide bonds. The fourth-order valence-corrected chi connectivity index (χ4v) is 3.88. The lowest BCUT2D eigenvalue weighted by molar-refractivity contribution is -0.125. The van der Waals surface area contributed by atoms with Crippen molar-refractivity contribution in [3.05, 3.63) is 65.2 Å². The molecule has 0 spiro atoms. The van der Waals surface area contributed by atoms with Crippen LogP contribution in [0.2, 0.25) is 0 Å². The van der Waals surface area contributed by atoms with Gasteiger partial charge in [-0.3, -0.25) is 10.2 Å². The van der Waals surface area contributed by atoms with E-state index in [1.807, 2.05) is 30.3 Å². The van der Waals surface area contributed by atoms with Gasteiger partial charge in [0.15, 0.2) is 0 Å². The lowest BCUT2D eigenvalue weighted by atomic mass is 9.93. The van der Waals surface area contributed by atoms with Gasteiger partial charge in [-0.15, -0.1) is 0 Å². The molecule has 1 heterocycles. The highest BCUT2D eigenvalue weighted by Gasteiger charge is 2.36. The molecule has 2 aliphatic rings. The first-order chi connectivity index (χ1) is 12.3. The van der Waals surface area contributed by atoms with Crippen LogP contribution in [0.3, 0.4) is 0 Å². The van der Waals surface area contributed by atoms with Crippen molar-refractivity contribution in [3.8, 4) is 5.75 Å². The van der Waals surface area contributed by atoms with Gasteiger partial charge in [0.2, 0.25) is 5.91 Å². The average Bonchev–Trinajstić information content (AvgIpc) is 3.29. The summed E-state index contributed by atoms with van der Waals surface area (Å²) in [6, 6.07) is 16.3. The van der Waals surface area contributed by atoms with Crippen molar-refractivity contribution in [3.63, 3.8) is 0 Å². The summed E-state index contributed by atoms with van der Waals surface area (Å²) >= 11 is 0. The van der Waals surface area contributed by atoms with Crippen molar-refractivity contribution >= 4 is 5.91 Å². The number of ether oxygens (including phenoxy) is 1. The lowest BCUT2D eigenvalue weighted by Crippen LogP contribution is -2.36. The molecule has 5 nitrogen and oxygen atoms in total. The molecule has 25 heavy (non-hydrogen) atoms. The molecular weight excluding hydrogens is 314 g/mol. The predicted octanol–water partition coefficient (Wildman–Crippen LogP) is 2.26. The van der Waals surface area contributed by atoms with Gasteiger partial charge in [0.05, 0.1) is 25.1 Å². The van der Waals surface area contributed by atoms with E-state index in [-0.39, 0.29) is 23.9 Å². The van der Waals surface area contributed by atoms with Gasteiger partial charge in [-0.25, -0.2) is 5.43 Å². The number of fused-ring (bicyclic) bond motifs is 1. The third kappa shape index (κ3) is 3.13. The van der Waals surface area contributed by atoms with Gasteiger partial charge in [0.1, 0.15) is 5.75 Å². The third-order valence-corrected chi connectivity index (χ3v) is 5.22. The van der Waals surface area contributed by atoms with Crippen LogP contribution in [0.25, 0.3) is 0 Å². The van der Waals surface area contributed by atoms with E-state index >= 15 is 0 Å². The van der Waals surface area contributed by atoms with Crippen LogP contribution in [0.1, 0.15) is 35.2 Å². The average molecular weight is 337 g/mol. The molecule has 3 atom stereocenters. The predicted molar refractivity (Wildman–Crippen MR) is 96.0 cm³/mol. The summed E-state index contributed by atoms with van der Waals surface area (Å²) in [5.41, 5.74) is 10.0. The van der Waals surface area contributed by atoms with E-state index in [1.165, 1.54) is 11.1 Å². The Kier molecular flexibility index (Phi) is 4.42. The number of carbonyl (C=O) groups excluding carboxylic acids is 1. The number of methoxy groups -OCH3 is 1. The zero-order chi connectivity index (χ0) is 17.2. The minimum atomic E-state index is -0.153. The number of benzene rings is 2. The molecule has 1 fully saturated rings. The maximum absolute atomic E-state index is 12.9. The second kappa shape index (κ2) is 6.86. The van der Waals surface area contributed by atoms with Crippen LogP contribution in [0.5, 0.6) is 5.75 Å². The molecular formula is C20H23N3O2. The van der Waals surface area contributed by atoms with Gasteiger partial charge in [0, 0.05) is 6.54 Å². The van der Waals surface area contributed by atoms with Gasteiger partial charge in [0.25, 0.3) is 0 Å². The van der Waals surface area contributed by atoms with Crippen molar-refractivity contribution < 1.29 is 9.53 Å². The van der Waals surface area contributed by atoms with Crippen LogP contribution in [0.15, 0.2) is 48.5 Å². The SMILES string of the molecule is COc1cccc(C2NNCC2C(=O)NC2CCc3ccccc32)c1. The summed E-state index contributed by atoms with van der Waals surface area (Å²) in [5.74, 6) is 0.738. The van der Waals surface area contributed by atoms with Gasteiger partial charge in [-0.05, 0) is 41.7 Å². The first-order valence-corrected chi connectivity index (χ1v) is 8.77. The summed E-state index contributed by atoms with van der Waals surface area (Å²) < 4.78 is 5.31. The topological polar surface area (TPSA) is 62.4 Å². The molecule has 0 bridgehead atoms. The molecule has 4 rings (SSSR count).